The normalized spacial score (nSPS) is 10.2. The van der Waals surface area contributed by atoms with Gasteiger partial charge in [0, 0.05) is 30.4 Å². The maximum Gasteiger partial charge on any atom is 0.335 e. The molecule has 168 valence electrons. The molecule has 2 aromatic carbocycles. The summed E-state index contributed by atoms with van der Waals surface area (Å²) >= 11 is -0.750. The first-order valence-corrected chi connectivity index (χ1v) is 10.5. The van der Waals surface area contributed by atoms with E-state index in [-0.39, 0.29) is 11.5 Å². The van der Waals surface area contributed by atoms with Crippen LogP contribution in [-0.4, -0.2) is 23.9 Å². The molecule has 4 aromatic rings. The Bertz CT molecular complexity index is 1390. The second kappa shape index (κ2) is 10.5. The Morgan fingerprint density at radius 1 is 0.970 bits per heavy atom. The first kappa shape index (κ1) is 23.6. The molecule has 9 heteroatoms. The average Bonchev–Trinajstić information content (AvgIpc) is 2.80. The Morgan fingerprint density at radius 3 is 2.27 bits per heavy atom. The molecule has 33 heavy (non-hydrogen) atoms. The second-order valence-corrected chi connectivity index (χ2v) is 7.46. The summed E-state index contributed by atoms with van der Waals surface area (Å²) < 4.78 is 24.1. The molecular formula is C24H21N3O5S. The molecule has 8 nitrogen and oxygen atoms in total. The predicted octanol–water partition coefficient (Wildman–Crippen LogP) is 3.92. The number of hydrogen-bond donors (Lipinski definition) is 1. The summed E-state index contributed by atoms with van der Waals surface area (Å²) in [5, 5.41) is 3.82. The van der Waals surface area contributed by atoms with Crippen LogP contribution in [0.15, 0.2) is 71.8 Å². The van der Waals surface area contributed by atoms with Crippen molar-refractivity contribution >= 4 is 34.1 Å². The van der Waals surface area contributed by atoms with Crippen LogP contribution in [-0.2, 0) is 18.6 Å². The fraction of sp³-hybridized carbons (Fsp3) is 0.125. The van der Waals surface area contributed by atoms with E-state index < -0.39 is 11.6 Å². The predicted molar refractivity (Wildman–Crippen MR) is 126 cm³/mol. The van der Waals surface area contributed by atoms with Crippen molar-refractivity contribution < 1.29 is 17.9 Å². The summed E-state index contributed by atoms with van der Waals surface area (Å²) in [5.74, 6) is 1.14. The van der Waals surface area contributed by atoms with Gasteiger partial charge in [0.15, 0.2) is 0 Å². The van der Waals surface area contributed by atoms with E-state index in [9.17, 15) is 9.59 Å². The van der Waals surface area contributed by atoms with E-state index in [1.54, 1.807) is 37.6 Å². The van der Waals surface area contributed by atoms with E-state index in [4.69, 9.17) is 13.2 Å². The molecule has 1 amide bonds. The van der Waals surface area contributed by atoms with Gasteiger partial charge in [-0.3, -0.25) is 9.59 Å². The van der Waals surface area contributed by atoms with Crippen molar-refractivity contribution in [2.24, 2.45) is 7.05 Å². The van der Waals surface area contributed by atoms with Gasteiger partial charge < -0.3 is 14.6 Å². The summed E-state index contributed by atoms with van der Waals surface area (Å²) in [5.41, 5.74) is 2.22. The number of aromatic nitrogens is 2. The van der Waals surface area contributed by atoms with Crippen molar-refractivity contribution in [2.45, 2.75) is 13.8 Å². The SMILES string of the molecule is Cc1ccc(Oc2cc(C(=O)Nc3ccc(C)cn3)cc3c(=O)n(C)ccc23)cc1.O=S=O. The first-order chi connectivity index (χ1) is 15.8. The highest BCUT2D eigenvalue weighted by molar-refractivity contribution is 7.51. The first-order valence-electron chi connectivity index (χ1n) is 9.86. The van der Waals surface area contributed by atoms with E-state index in [1.807, 2.05) is 50.2 Å². The van der Waals surface area contributed by atoms with Crippen molar-refractivity contribution in [1.29, 1.82) is 0 Å². The molecule has 4 rings (SSSR count). The van der Waals surface area contributed by atoms with E-state index in [1.165, 1.54) is 4.57 Å². The van der Waals surface area contributed by atoms with Crippen molar-refractivity contribution in [2.75, 3.05) is 5.32 Å². The van der Waals surface area contributed by atoms with Crippen LogP contribution in [0.5, 0.6) is 11.5 Å². The van der Waals surface area contributed by atoms with Crippen LogP contribution in [0, 0.1) is 13.8 Å². The third kappa shape index (κ3) is 5.78. The number of nitrogens with zero attached hydrogens (tertiary/aromatic N) is 2. The number of ether oxygens (including phenoxy) is 1. The van der Waals surface area contributed by atoms with Crippen molar-refractivity contribution in [1.82, 2.24) is 9.55 Å². The Labute approximate surface area is 193 Å². The number of carbonyl (C=O) groups excluding carboxylic acids is 1. The Hall–Kier alpha value is -4.11. The molecule has 1 N–H and O–H groups in total. The number of carbonyl (C=O) groups is 1. The second-order valence-electron chi connectivity index (χ2n) is 7.33. The molecule has 0 unspecified atom stereocenters. The number of rotatable bonds is 4. The number of fused-ring (bicyclic) bond motifs is 1. The van der Waals surface area contributed by atoms with Gasteiger partial charge in [0.25, 0.3) is 11.5 Å². The zero-order valence-electron chi connectivity index (χ0n) is 18.2. The monoisotopic (exact) mass is 463 g/mol. The highest BCUT2D eigenvalue weighted by Crippen LogP contribution is 2.30. The van der Waals surface area contributed by atoms with E-state index >= 15 is 0 Å². The minimum atomic E-state index is -0.750. The summed E-state index contributed by atoms with van der Waals surface area (Å²) in [4.78, 5) is 29.8. The van der Waals surface area contributed by atoms with Crippen molar-refractivity contribution in [3.63, 3.8) is 0 Å². The lowest BCUT2D eigenvalue weighted by Crippen LogP contribution is -2.18. The van der Waals surface area contributed by atoms with Crippen LogP contribution in [0.4, 0.5) is 5.82 Å². The van der Waals surface area contributed by atoms with Gasteiger partial charge in [0.1, 0.15) is 17.3 Å². The minimum Gasteiger partial charge on any atom is -0.457 e. The molecule has 0 saturated heterocycles. The number of nitrogens with one attached hydrogen (secondary N) is 1. The van der Waals surface area contributed by atoms with Gasteiger partial charge in [-0.05, 0) is 55.8 Å². The standard InChI is InChI=1S/C24H21N3O3.O2S/c1-15-4-7-18(8-5-15)30-21-13-17(12-20-19(21)10-11-27(3)24(20)29)23(28)26-22-9-6-16(2)14-25-22;1-3-2/h4-14H,1-3H3,(H,25,26,28);. The highest BCUT2D eigenvalue weighted by Gasteiger charge is 2.15. The molecule has 0 spiro atoms. The maximum absolute atomic E-state index is 12.9. The highest BCUT2D eigenvalue weighted by atomic mass is 32.1. The van der Waals surface area contributed by atoms with Crippen LogP contribution in [0.3, 0.4) is 0 Å². The third-order valence-corrected chi connectivity index (χ3v) is 4.82. The molecule has 2 aromatic heterocycles. The summed E-state index contributed by atoms with van der Waals surface area (Å²) in [6.07, 6.45) is 3.36. The van der Waals surface area contributed by atoms with Gasteiger partial charge in [-0.1, -0.05) is 23.8 Å². The average molecular weight is 464 g/mol. The molecule has 0 fully saturated rings. The zero-order valence-corrected chi connectivity index (χ0v) is 19.0. The lowest BCUT2D eigenvalue weighted by Gasteiger charge is -2.13. The van der Waals surface area contributed by atoms with Crippen LogP contribution >= 0.6 is 0 Å². The summed E-state index contributed by atoms with van der Waals surface area (Å²) in [6, 6.07) is 16.2. The summed E-state index contributed by atoms with van der Waals surface area (Å²) in [7, 11) is 1.67. The Balaban J connectivity index is 0.000000968. The number of anilines is 1. The Morgan fingerprint density at radius 2 is 1.64 bits per heavy atom. The van der Waals surface area contributed by atoms with Crippen molar-refractivity contribution in [3.8, 4) is 11.5 Å². The lowest BCUT2D eigenvalue weighted by atomic mass is 10.1. The summed E-state index contributed by atoms with van der Waals surface area (Å²) in [6.45, 7) is 3.92. The molecule has 0 radical (unpaired) electrons. The topological polar surface area (TPSA) is 107 Å². The van der Waals surface area contributed by atoms with Gasteiger partial charge >= 0.3 is 11.6 Å². The fourth-order valence-electron chi connectivity index (χ4n) is 3.10. The number of pyridine rings is 2. The van der Waals surface area contributed by atoms with Crippen LogP contribution in [0.25, 0.3) is 10.8 Å². The maximum atomic E-state index is 12.9. The largest absolute Gasteiger partial charge is 0.457 e. The van der Waals surface area contributed by atoms with E-state index in [2.05, 4.69) is 10.3 Å². The van der Waals surface area contributed by atoms with Gasteiger partial charge in [-0.15, -0.1) is 0 Å². The van der Waals surface area contributed by atoms with Crippen LogP contribution in [0.2, 0.25) is 0 Å². The van der Waals surface area contributed by atoms with Gasteiger partial charge in [-0.2, -0.15) is 8.42 Å². The molecule has 0 atom stereocenters. The third-order valence-electron chi connectivity index (χ3n) is 4.82. The quantitative estimate of drug-likeness (QED) is 0.491. The molecule has 2 heterocycles. The smallest absolute Gasteiger partial charge is 0.335 e. The Kier molecular flexibility index (Phi) is 7.47. The number of amides is 1. The number of benzene rings is 2. The van der Waals surface area contributed by atoms with E-state index in [0.29, 0.717) is 33.7 Å². The van der Waals surface area contributed by atoms with Crippen molar-refractivity contribution in [3.05, 3.63) is 94.0 Å². The van der Waals surface area contributed by atoms with Gasteiger partial charge in [0.05, 0.1) is 5.39 Å². The zero-order chi connectivity index (χ0) is 24.0. The van der Waals surface area contributed by atoms with Crippen LogP contribution in [0.1, 0.15) is 21.5 Å². The molecule has 0 aliphatic heterocycles. The molecule has 0 aliphatic rings. The fourth-order valence-corrected chi connectivity index (χ4v) is 3.10. The van der Waals surface area contributed by atoms with Gasteiger partial charge in [-0.25, -0.2) is 4.98 Å². The number of hydrogen-bond acceptors (Lipinski definition) is 6. The lowest BCUT2D eigenvalue weighted by molar-refractivity contribution is 0.102. The molecule has 0 bridgehead atoms. The van der Waals surface area contributed by atoms with E-state index in [0.717, 1.165) is 11.1 Å². The number of aryl methyl sites for hydroxylation is 3. The molecule has 0 saturated carbocycles. The molecule has 0 aliphatic carbocycles. The van der Waals surface area contributed by atoms with Crippen LogP contribution < -0.4 is 15.6 Å². The minimum absolute atomic E-state index is 0.204. The molecular weight excluding hydrogens is 442 g/mol. The van der Waals surface area contributed by atoms with Gasteiger partial charge in [0.2, 0.25) is 0 Å².